The van der Waals surface area contributed by atoms with E-state index >= 15 is 0 Å². The summed E-state index contributed by atoms with van der Waals surface area (Å²) in [7, 11) is -0.770. The third kappa shape index (κ3) is 5.26. The molecule has 0 bridgehead atoms. The van der Waals surface area contributed by atoms with E-state index in [4.69, 9.17) is 0 Å². The van der Waals surface area contributed by atoms with Crippen molar-refractivity contribution in [1.29, 1.82) is 0 Å². The number of aryl methyl sites for hydroxylation is 2. The topological polar surface area (TPSA) is 0 Å². The average molecular weight is 497 g/mol. The molecule has 1 saturated carbocycles. The van der Waals surface area contributed by atoms with Crippen LogP contribution in [0.1, 0.15) is 50.2 Å². The predicted octanol–water partition coefficient (Wildman–Crippen LogP) is 8.13. The Morgan fingerprint density at radius 2 is 1.29 bits per heavy atom. The van der Waals surface area contributed by atoms with Crippen LogP contribution in [-0.4, -0.2) is 17.0 Å². The molecule has 0 saturated heterocycles. The minimum atomic E-state index is -0.500. The maximum Gasteiger partial charge on any atom is 0.0235 e. The molecule has 0 aromatic heterocycles. The Bertz CT molecular complexity index is 1140. The summed E-state index contributed by atoms with van der Waals surface area (Å²) in [5, 5.41) is 4.68. The van der Waals surface area contributed by atoms with Crippen LogP contribution in [0.25, 0.3) is 0 Å². The summed E-state index contributed by atoms with van der Waals surface area (Å²) in [4.78, 5) is 0. The Kier molecular flexibility index (Phi) is 8.02. The van der Waals surface area contributed by atoms with E-state index in [9.17, 15) is 0 Å². The van der Waals surface area contributed by atoms with Gasteiger partial charge in [0.05, 0.1) is 0 Å². The molecule has 0 aliphatic heterocycles. The van der Waals surface area contributed by atoms with Gasteiger partial charge in [0.25, 0.3) is 0 Å². The molecule has 180 valence electrons. The molecule has 2 aliphatic rings. The Hall–Kier alpha value is -2.00. The number of hydrogen-bond acceptors (Lipinski definition) is 0. The summed E-state index contributed by atoms with van der Waals surface area (Å²) in [5.41, 5.74) is 6.42. The van der Waals surface area contributed by atoms with Gasteiger partial charge in [-0.05, 0) is 67.3 Å². The van der Waals surface area contributed by atoms with Crippen LogP contribution in [0.3, 0.4) is 0 Å². The summed E-state index contributed by atoms with van der Waals surface area (Å²) in [6.45, 7) is 7.12. The van der Waals surface area contributed by atoms with Gasteiger partial charge in [0.15, 0.2) is 0 Å². The molecule has 2 heteroatoms. The fraction of sp³-hybridized carbons (Fsp3) is 0.333. The van der Waals surface area contributed by atoms with Crippen molar-refractivity contribution in [2.24, 2.45) is 0 Å². The molecule has 0 spiro atoms. The summed E-state index contributed by atoms with van der Waals surface area (Å²) < 4.78 is 0. The number of allylic oxidation sites excluding steroid dienone is 4. The summed E-state index contributed by atoms with van der Waals surface area (Å²) in [6, 6.07) is 29.8. The molecule has 0 nitrogen and oxygen atoms in total. The lowest BCUT2D eigenvalue weighted by Crippen LogP contribution is -2.30. The van der Waals surface area contributed by atoms with Gasteiger partial charge in [-0.15, -0.1) is 0 Å². The van der Waals surface area contributed by atoms with Crippen molar-refractivity contribution in [3.05, 3.63) is 114 Å². The highest BCUT2D eigenvalue weighted by Crippen LogP contribution is 2.58. The predicted molar refractivity (Wildman–Crippen MR) is 159 cm³/mol. The Morgan fingerprint density at radius 3 is 1.89 bits per heavy atom. The Labute approximate surface area is 215 Å². The minimum Gasteiger partial charge on any atom is -0.0727 e. The summed E-state index contributed by atoms with van der Waals surface area (Å²) in [6.07, 6.45) is 14.4. The lowest BCUT2D eigenvalue weighted by molar-refractivity contribution is 0.511. The average Bonchev–Trinajstić information content (AvgIpc) is 3.37. The van der Waals surface area contributed by atoms with Crippen LogP contribution in [0.2, 0.25) is 0 Å². The maximum atomic E-state index is 2.56. The van der Waals surface area contributed by atoms with Crippen molar-refractivity contribution in [2.45, 2.75) is 69.9 Å². The molecule has 1 unspecified atom stereocenters. The van der Waals surface area contributed by atoms with Crippen molar-refractivity contribution in [2.75, 3.05) is 0 Å². The Balaban J connectivity index is 1.56. The van der Waals surface area contributed by atoms with E-state index in [0.717, 1.165) is 5.66 Å². The van der Waals surface area contributed by atoms with Crippen LogP contribution >= 0.6 is 15.8 Å². The molecule has 2 aliphatic carbocycles. The largest absolute Gasteiger partial charge is 0.0727 e. The van der Waals surface area contributed by atoms with Gasteiger partial charge in [0.2, 0.25) is 0 Å². The molecule has 1 fully saturated rings. The van der Waals surface area contributed by atoms with Gasteiger partial charge in [0, 0.05) is 11.3 Å². The second-order valence-corrected chi connectivity index (χ2v) is 15.2. The van der Waals surface area contributed by atoms with Gasteiger partial charge >= 0.3 is 0 Å². The molecule has 35 heavy (non-hydrogen) atoms. The molecular formula is C33H38P2. The first-order valence-corrected chi connectivity index (χ1v) is 16.2. The van der Waals surface area contributed by atoms with E-state index in [1.54, 1.807) is 10.9 Å². The zero-order valence-electron chi connectivity index (χ0n) is 21.4. The molecule has 0 heterocycles. The van der Waals surface area contributed by atoms with Crippen molar-refractivity contribution < 1.29 is 0 Å². The van der Waals surface area contributed by atoms with Crippen LogP contribution in [-0.2, 0) is 0 Å². The third-order valence-corrected chi connectivity index (χ3v) is 14.2. The van der Waals surface area contributed by atoms with Gasteiger partial charge in [-0.25, -0.2) is 0 Å². The van der Waals surface area contributed by atoms with Crippen LogP contribution in [0, 0.1) is 13.8 Å². The zero-order valence-corrected chi connectivity index (χ0v) is 23.2. The lowest BCUT2D eigenvalue weighted by atomic mass is 10.0. The van der Waals surface area contributed by atoms with Gasteiger partial charge < -0.3 is 0 Å². The fourth-order valence-electron chi connectivity index (χ4n) is 6.04. The standard InChI is InChI=1S/C33H38P2/c1-25-15-10-12-22-31(25)34(32-23-13-11-16-26(32)2)27(3)30-21-14-24-33(30)35(28-17-6-4-7-18-28)29-19-8-5-9-20-29/h4,6-7,10-18,21-24,27,29,33H,5,8-9,19-20H2,1-3H3/t27-,33+,35?/m0/s1. The van der Waals surface area contributed by atoms with Crippen molar-refractivity contribution in [1.82, 2.24) is 0 Å². The third-order valence-electron chi connectivity index (χ3n) is 7.87. The van der Waals surface area contributed by atoms with Crippen LogP contribution in [0.5, 0.6) is 0 Å². The van der Waals surface area contributed by atoms with Crippen molar-refractivity contribution in [3.8, 4) is 0 Å². The van der Waals surface area contributed by atoms with Crippen molar-refractivity contribution >= 4 is 31.8 Å². The first-order chi connectivity index (χ1) is 17.1. The van der Waals surface area contributed by atoms with Gasteiger partial charge in [0.1, 0.15) is 0 Å². The smallest absolute Gasteiger partial charge is 0.0235 e. The number of hydrogen-bond donors (Lipinski definition) is 0. The van der Waals surface area contributed by atoms with Gasteiger partial charge in [-0.2, -0.15) is 0 Å². The fourth-order valence-corrected chi connectivity index (χ4v) is 12.8. The minimum absolute atomic E-state index is 0.269. The molecule has 3 aromatic carbocycles. The first kappa shape index (κ1) is 24.7. The molecular weight excluding hydrogens is 458 g/mol. The van der Waals surface area contributed by atoms with Crippen molar-refractivity contribution in [3.63, 3.8) is 0 Å². The van der Waals surface area contributed by atoms with E-state index in [1.165, 1.54) is 53.8 Å². The quantitative estimate of drug-likeness (QED) is 0.290. The number of rotatable bonds is 7. The first-order valence-electron chi connectivity index (χ1n) is 13.3. The van der Waals surface area contributed by atoms with E-state index in [0.29, 0.717) is 11.3 Å². The number of benzene rings is 3. The molecule has 3 aromatic rings. The highest BCUT2D eigenvalue weighted by Gasteiger charge is 2.37. The second-order valence-electron chi connectivity index (χ2n) is 10.2. The molecule has 0 radical (unpaired) electrons. The highest BCUT2D eigenvalue weighted by atomic mass is 31.1. The maximum absolute atomic E-state index is 2.56. The van der Waals surface area contributed by atoms with Crippen LogP contribution in [0.15, 0.2) is 103 Å². The Morgan fingerprint density at radius 1 is 0.714 bits per heavy atom. The van der Waals surface area contributed by atoms with E-state index < -0.39 is 7.92 Å². The normalized spacial score (nSPS) is 20.1. The van der Waals surface area contributed by atoms with E-state index in [-0.39, 0.29) is 7.92 Å². The van der Waals surface area contributed by atoms with Crippen LogP contribution in [0.4, 0.5) is 0 Å². The monoisotopic (exact) mass is 496 g/mol. The molecule has 0 N–H and O–H groups in total. The SMILES string of the molecule is Cc1ccccc1P(c1ccccc1C)[C@@H](C)C1=CC=C[C@H]1P(c1ccccc1)C1CCCCC1. The highest BCUT2D eigenvalue weighted by molar-refractivity contribution is 7.74. The van der Waals surface area contributed by atoms with Gasteiger partial charge in [-0.3, -0.25) is 0 Å². The molecule has 5 rings (SSSR count). The summed E-state index contributed by atoms with van der Waals surface area (Å²) >= 11 is 0. The zero-order chi connectivity index (χ0) is 24.2. The van der Waals surface area contributed by atoms with Gasteiger partial charge in [-0.1, -0.05) is 137 Å². The lowest BCUT2D eigenvalue weighted by Gasteiger charge is -2.39. The molecule has 0 amide bonds. The summed E-state index contributed by atoms with van der Waals surface area (Å²) in [5.74, 6) is 0. The second kappa shape index (κ2) is 11.4. The van der Waals surface area contributed by atoms with Crippen LogP contribution < -0.4 is 15.9 Å². The van der Waals surface area contributed by atoms with E-state index in [1.807, 2.05) is 0 Å². The molecule has 3 atom stereocenters. The van der Waals surface area contributed by atoms with E-state index in [2.05, 4.69) is 118 Å².